The summed E-state index contributed by atoms with van der Waals surface area (Å²) in [5.74, 6) is -0.715. The molecule has 122 valence electrons. The first-order valence-electron chi connectivity index (χ1n) is 7.22. The van der Waals surface area contributed by atoms with E-state index in [2.05, 4.69) is 0 Å². The summed E-state index contributed by atoms with van der Waals surface area (Å²) in [5, 5.41) is 9.29. The highest BCUT2D eigenvalue weighted by Gasteiger charge is 2.14. The molecule has 0 saturated heterocycles. The number of hydrogen-bond donors (Lipinski definition) is 1. The Morgan fingerprint density at radius 3 is 2.17 bits per heavy atom. The maximum Gasteiger partial charge on any atom is 0.339 e. The van der Waals surface area contributed by atoms with Crippen molar-refractivity contribution in [1.29, 1.82) is 0 Å². The summed E-state index contributed by atoms with van der Waals surface area (Å²) >= 11 is 0. The van der Waals surface area contributed by atoms with Gasteiger partial charge in [0.05, 0.1) is 17.3 Å². The lowest BCUT2D eigenvalue weighted by Gasteiger charge is -2.10. The fourth-order valence-corrected chi connectivity index (χ4v) is 3.06. The molecule has 0 atom stereocenters. The molecule has 1 N–H and O–H groups in total. The highest BCUT2D eigenvalue weighted by molar-refractivity contribution is 7.91. The van der Waals surface area contributed by atoms with E-state index in [-0.39, 0.29) is 16.2 Å². The van der Waals surface area contributed by atoms with Gasteiger partial charge < -0.3 is 9.84 Å². The third-order valence-electron chi connectivity index (χ3n) is 3.44. The van der Waals surface area contributed by atoms with E-state index < -0.39 is 15.8 Å². The van der Waals surface area contributed by atoms with Gasteiger partial charge in [-0.05, 0) is 42.3 Å². The van der Waals surface area contributed by atoms with Gasteiger partial charge in [-0.15, -0.1) is 0 Å². The van der Waals surface area contributed by atoms with Crippen LogP contribution in [0.15, 0.2) is 47.4 Å². The molecule has 0 fully saturated rings. The summed E-state index contributed by atoms with van der Waals surface area (Å²) in [4.78, 5) is 11.6. The second-order valence-corrected chi connectivity index (χ2v) is 7.16. The Kier molecular flexibility index (Phi) is 5.05. The number of carboxylic acid groups (broad SMARTS) is 1. The first-order valence-corrected chi connectivity index (χ1v) is 8.87. The largest absolute Gasteiger partial charge is 0.493 e. The predicted molar refractivity (Wildman–Crippen MR) is 87.7 cm³/mol. The van der Waals surface area contributed by atoms with Gasteiger partial charge >= 0.3 is 5.97 Å². The number of rotatable bonds is 6. The molecular formula is C17H18O5S. The minimum Gasteiger partial charge on any atom is -0.493 e. The van der Waals surface area contributed by atoms with Crippen LogP contribution >= 0.6 is 0 Å². The molecule has 0 saturated carbocycles. The molecule has 5 nitrogen and oxygen atoms in total. The van der Waals surface area contributed by atoms with Crippen molar-refractivity contribution in [2.24, 2.45) is 0 Å². The number of carboxylic acids is 1. The van der Waals surface area contributed by atoms with Crippen molar-refractivity contribution in [1.82, 2.24) is 0 Å². The van der Waals surface area contributed by atoms with Crippen molar-refractivity contribution >= 4 is 15.8 Å². The Hall–Kier alpha value is -2.34. The third-order valence-corrected chi connectivity index (χ3v) is 5.19. The highest BCUT2D eigenvalue weighted by atomic mass is 32.2. The second-order valence-electron chi connectivity index (χ2n) is 4.88. The molecule has 0 bridgehead atoms. The lowest BCUT2D eigenvalue weighted by atomic mass is 10.0. The summed E-state index contributed by atoms with van der Waals surface area (Å²) in [6.07, 6.45) is 0. The average molecular weight is 334 g/mol. The van der Waals surface area contributed by atoms with Crippen LogP contribution in [0.5, 0.6) is 5.75 Å². The summed E-state index contributed by atoms with van der Waals surface area (Å²) in [6, 6.07) is 11.3. The van der Waals surface area contributed by atoms with Crippen molar-refractivity contribution in [2.45, 2.75) is 18.7 Å². The van der Waals surface area contributed by atoms with Crippen LogP contribution in [0.1, 0.15) is 24.2 Å². The number of aromatic carboxylic acids is 1. The molecule has 2 rings (SSSR count). The fourth-order valence-electron chi connectivity index (χ4n) is 2.18. The lowest BCUT2D eigenvalue weighted by molar-refractivity contribution is 0.0692. The van der Waals surface area contributed by atoms with Crippen molar-refractivity contribution < 1.29 is 23.1 Å². The van der Waals surface area contributed by atoms with E-state index in [1.54, 1.807) is 38.1 Å². The molecule has 0 unspecified atom stereocenters. The van der Waals surface area contributed by atoms with Gasteiger partial charge in [-0.3, -0.25) is 0 Å². The molecule has 0 aliphatic rings. The zero-order chi connectivity index (χ0) is 17.0. The van der Waals surface area contributed by atoms with Crippen LogP contribution < -0.4 is 4.74 Å². The van der Waals surface area contributed by atoms with Crippen LogP contribution in [0.3, 0.4) is 0 Å². The number of sulfone groups is 1. The maximum atomic E-state index is 11.8. The molecule has 0 radical (unpaired) electrons. The summed E-state index contributed by atoms with van der Waals surface area (Å²) in [7, 11) is -3.25. The first kappa shape index (κ1) is 17.0. The number of ether oxygens (including phenoxy) is 1. The van der Waals surface area contributed by atoms with Crippen LogP contribution in [0, 0.1) is 0 Å². The van der Waals surface area contributed by atoms with Crippen LogP contribution in [-0.2, 0) is 9.84 Å². The molecular weight excluding hydrogens is 316 g/mol. The summed E-state index contributed by atoms with van der Waals surface area (Å²) in [6.45, 7) is 3.75. The predicted octanol–water partition coefficient (Wildman–Crippen LogP) is 3.24. The van der Waals surface area contributed by atoms with Crippen molar-refractivity contribution in [2.75, 3.05) is 12.4 Å². The summed E-state index contributed by atoms with van der Waals surface area (Å²) < 4.78 is 28.9. The number of benzene rings is 2. The normalized spacial score (nSPS) is 11.2. The molecule has 23 heavy (non-hydrogen) atoms. The van der Waals surface area contributed by atoms with Gasteiger partial charge in [0.2, 0.25) is 0 Å². The minimum absolute atomic E-state index is 0.0402. The second kappa shape index (κ2) is 6.83. The van der Waals surface area contributed by atoms with Gasteiger partial charge in [0.1, 0.15) is 11.3 Å². The van der Waals surface area contributed by atoms with E-state index >= 15 is 0 Å². The van der Waals surface area contributed by atoms with Crippen LogP contribution in [0.4, 0.5) is 0 Å². The highest BCUT2D eigenvalue weighted by Crippen LogP contribution is 2.28. The molecule has 0 amide bonds. The van der Waals surface area contributed by atoms with Crippen LogP contribution in [-0.4, -0.2) is 31.9 Å². The summed E-state index contributed by atoms with van der Waals surface area (Å²) in [5.41, 5.74) is 1.51. The third kappa shape index (κ3) is 3.71. The number of carbonyl (C=O) groups is 1. The molecule has 0 aliphatic carbocycles. The number of hydrogen-bond acceptors (Lipinski definition) is 4. The first-order chi connectivity index (χ1) is 10.9. The zero-order valence-corrected chi connectivity index (χ0v) is 13.8. The average Bonchev–Trinajstić information content (AvgIpc) is 2.55. The molecule has 0 heterocycles. The van der Waals surface area contributed by atoms with Gasteiger partial charge in [-0.2, -0.15) is 0 Å². The van der Waals surface area contributed by atoms with E-state index in [1.807, 2.05) is 0 Å². The van der Waals surface area contributed by atoms with Crippen molar-refractivity contribution in [3.05, 3.63) is 48.0 Å². The Labute approximate surface area is 135 Å². The fraction of sp³-hybridized carbons (Fsp3) is 0.235. The van der Waals surface area contributed by atoms with Gasteiger partial charge in [0, 0.05) is 0 Å². The lowest BCUT2D eigenvalue weighted by Crippen LogP contribution is -2.04. The Morgan fingerprint density at radius 1 is 1.04 bits per heavy atom. The monoisotopic (exact) mass is 334 g/mol. The van der Waals surface area contributed by atoms with Gasteiger partial charge in [-0.25, -0.2) is 13.2 Å². The van der Waals surface area contributed by atoms with Gasteiger partial charge in [0.15, 0.2) is 9.84 Å². The molecule has 6 heteroatoms. The Bertz CT molecular complexity index is 807. The maximum absolute atomic E-state index is 11.8. The van der Waals surface area contributed by atoms with Crippen LogP contribution in [0.25, 0.3) is 11.1 Å². The molecule has 0 aromatic heterocycles. The van der Waals surface area contributed by atoms with E-state index in [0.717, 1.165) is 5.56 Å². The van der Waals surface area contributed by atoms with Gasteiger partial charge in [-0.1, -0.05) is 25.1 Å². The Balaban J connectivity index is 2.43. The van der Waals surface area contributed by atoms with Crippen LogP contribution in [0.2, 0.25) is 0 Å². The molecule has 2 aromatic rings. The topological polar surface area (TPSA) is 80.7 Å². The minimum atomic E-state index is -3.25. The van der Waals surface area contributed by atoms with E-state index in [0.29, 0.717) is 17.9 Å². The molecule has 0 aliphatic heterocycles. The Morgan fingerprint density at radius 2 is 1.65 bits per heavy atom. The SMILES string of the molecule is CCOc1ccc(-c2ccc(S(=O)(=O)CC)cc2)cc1C(=O)O. The van der Waals surface area contributed by atoms with E-state index in [9.17, 15) is 18.3 Å². The van der Waals surface area contributed by atoms with E-state index in [1.165, 1.54) is 18.2 Å². The van der Waals surface area contributed by atoms with E-state index in [4.69, 9.17) is 4.74 Å². The molecule has 0 spiro atoms. The van der Waals surface area contributed by atoms with Gasteiger partial charge in [0.25, 0.3) is 0 Å². The molecule has 2 aromatic carbocycles. The smallest absolute Gasteiger partial charge is 0.339 e. The van der Waals surface area contributed by atoms with Crippen molar-refractivity contribution in [3.63, 3.8) is 0 Å². The standard InChI is InChI=1S/C17H18O5S/c1-3-22-16-10-7-13(11-15(16)17(18)19)12-5-8-14(9-6-12)23(20,21)4-2/h5-11H,3-4H2,1-2H3,(H,18,19). The van der Waals surface area contributed by atoms with Crippen molar-refractivity contribution in [3.8, 4) is 16.9 Å². The quantitative estimate of drug-likeness (QED) is 0.877. The zero-order valence-electron chi connectivity index (χ0n) is 12.9.